The molecule has 3 aliphatic rings. The minimum Gasteiger partial charge on any atom is -0.368 e. The highest BCUT2D eigenvalue weighted by atomic mass is 19.1. The number of piperazine rings is 1. The second kappa shape index (κ2) is 6.26. The lowest BCUT2D eigenvalue weighted by Gasteiger charge is -2.38. The summed E-state index contributed by atoms with van der Waals surface area (Å²) < 4.78 is 13.1. The van der Waals surface area contributed by atoms with Crippen LogP contribution in [0.15, 0.2) is 29.3 Å². The molecule has 1 N–H and O–H groups in total. The summed E-state index contributed by atoms with van der Waals surface area (Å²) in [6, 6.07) is 6.80. The summed E-state index contributed by atoms with van der Waals surface area (Å²) in [6.07, 6.45) is 5.63. The molecule has 2 saturated carbocycles. The average molecular weight is 330 g/mol. The van der Waals surface area contributed by atoms with Crippen molar-refractivity contribution in [2.24, 2.45) is 16.3 Å². The largest absolute Gasteiger partial charge is 0.368 e. The van der Waals surface area contributed by atoms with E-state index in [0.717, 1.165) is 50.3 Å². The van der Waals surface area contributed by atoms with Gasteiger partial charge in [-0.1, -0.05) is 0 Å². The number of benzene rings is 1. The Hall–Kier alpha value is -1.78. The van der Waals surface area contributed by atoms with E-state index in [4.69, 9.17) is 0 Å². The summed E-state index contributed by atoms with van der Waals surface area (Å²) >= 11 is 0. The van der Waals surface area contributed by atoms with Gasteiger partial charge in [-0.05, 0) is 61.3 Å². The fourth-order valence-corrected chi connectivity index (χ4v) is 4.00. The molecule has 3 fully saturated rings. The Kier molecular flexibility index (Phi) is 4.10. The summed E-state index contributed by atoms with van der Waals surface area (Å²) in [5, 5.41) is 3.63. The minimum atomic E-state index is -0.174. The summed E-state index contributed by atoms with van der Waals surface area (Å²) in [5.74, 6) is 1.84. The molecule has 0 amide bonds. The number of nitrogens with zero attached hydrogens (tertiary/aromatic N) is 3. The lowest BCUT2D eigenvalue weighted by atomic mass is 10.0. The van der Waals surface area contributed by atoms with E-state index in [1.54, 1.807) is 0 Å². The molecule has 0 unspecified atom stereocenters. The van der Waals surface area contributed by atoms with E-state index in [-0.39, 0.29) is 5.82 Å². The lowest BCUT2D eigenvalue weighted by molar-refractivity contribution is 0.359. The Labute approximate surface area is 143 Å². The van der Waals surface area contributed by atoms with E-state index in [2.05, 4.69) is 20.1 Å². The predicted molar refractivity (Wildman–Crippen MR) is 95.9 cm³/mol. The van der Waals surface area contributed by atoms with Crippen LogP contribution >= 0.6 is 0 Å². The molecular weight excluding hydrogens is 303 g/mol. The van der Waals surface area contributed by atoms with Gasteiger partial charge in [0, 0.05) is 45.5 Å². The zero-order chi connectivity index (χ0) is 16.6. The van der Waals surface area contributed by atoms with Crippen molar-refractivity contribution in [1.29, 1.82) is 0 Å². The van der Waals surface area contributed by atoms with E-state index < -0.39 is 0 Å². The van der Waals surface area contributed by atoms with Crippen LogP contribution in [-0.4, -0.2) is 50.6 Å². The van der Waals surface area contributed by atoms with Crippen molar-refractivity contribution >= 4 is 11.6 Å². The van der Waals surface area contributed by atoms with Gasteiger partial charge in [-0.3, -0.25) is 4.99 Å². The number of aliphatic imine (C=N–C) groups is 1. The molecule has 1 aromatic carbocycles. The number of hydrogen-bond donors (Lipinski definition) is 1. The van der Waals surface area contributed by atoms with Crippen molar-refractivity contribution in [2.75, 3.05) is 44.7 Å². The maximum atomic E-state index is 13.1. The minimum absolute atomic E-state index is 0.174. The summed E-state index contributed by atoms with van der Waals surface area (Å²) in [6.45, 7) is 4.88. The first-order valence-corrected chi connectivity index (χ1v) is 9.16. The Bertz CT molecular complexity index is 596. The van der Waals surface area contributed by atoms with Gasteiger partial charge in [0.1, 0.15) is 5.82 Å². The van der Waals surface area contributed by atoms with Crippen molar-refractivity contribution in [3.63, 3.8) is 0 Å². The standard InChI is InChI=1S/C19H27FN4/c1-21-18(22-14-19(8-9-19)15-2-3-15)24-12-10-23(11-13-24)17-6-4-16(20)5-7-17/h4-7,15H,2-3,8-14H2,1H3,(H,21,22). The fraction of sp³-hybridized carbons (Fsp3) is 0.632. The lowest BCUT2D eigenvalue weighted by Crippen LogP contribution is -2.53. The van der Waals surface area contributed by atoms with E-state index >= 15 is 0 Å². The fourth-order valence-electron chi connectivity index (χ4n) is 4.00. The first-order chi connectivity index (χ1) is 11.7. The highest BCUT2D eigenvalue weighted by Crippen LogP contribution is 2.60. The van der Waals surface area contributed by atoms with Crippen molar-refractivity contribution in [2.45, 2.75) is 25.7 Å². The third kappa shape index (κ3) is 3.21. The Morgan fingerprint density at radius 3 is 2.38 bits per heavy atom. The first kappa shape index (κ1) is 15.7. The van der Waals surface area contributed by atoms with Gasteiger partial charge in [0.15, 0.2) is 5.96 Å². The predicted octanol–water partition coefficient (Wildman–Crippen LogP) is 2.71. The highest BCUT2D eigenvalue weighted by Gasteiger charge is 2.53. The van der Waals surface area contributed by atoms with Crippen molar-refractivity contribution in [1.82, 2.24) is 10.2 Å². The molecule has 1 aromatic rings. The number of halogens is 1. The maximum Gasteiger partial charge on any atom is 0.193 e. The number of hydrogen-bond acceptors (Lipinski definition) is 2. The van der Waals surface area contributed by atoms with Crippen molar-refractivity contribution in [3.05, 3.63) is 30.1 Å². The van der Waals surface area contributed by atoms with Crippen LogP contribution in [0, 0.1) is 17.2 Å². The van der Waals surface area contributed by atoms with Gasteiger partial charge in [-0.2, -0.15) is 0 Å². The van der Waals surface area contributed by atoms with Crippen LogP contribution < -0.4 is 10.2 Å². The van der Waals surface area contributed by atoms with Crippen LogP contribution in [0.5, 0.6) is 0 Å². The summed E-state index contributed by atoms with van der Waals surface area (Å²) in [7, 11) is 1.88. The van der Waals surface area contributed by atoms with E-state index in [1.165, 1.54) is 37.8 Å². The molecule has 4 nitrogen and oxygen atoms in total. The molecule has 1 aliphatic heterocycles. The zero-order valence-corrected chi connectivity index (χ0v) is 14.5. The highest BCUT2D eigenvalue weighted by molar-refractivity contribution is 5.80. The third-order valence-corrected chi connectivity index (χ3v) is 5.92. The molecule has 0 spiro atoms. The van der Waals surface area contributed by atoms with E-state index in [0.29, 0.717) is 5.41 Å². The topological polar surface area (TPSA) is 30.9 Å². The molecule has 130 valence electrons. The Morgan fingerprint density at radius 1 is 1.17 bits per heavy atom. The molecule has 5 heteroatoms. The van der Waals surface area contributed by atoms with Crippen molar-refractivity contribution in [3.8, 4) is 0 Å². The van der Waals surface area contributed by atoms with Gasteiger partial charge in [-0.25, -0.2) is 4.39 Å². The average Bonchev–Trinajstić information content (AvgIpc) is 3.50. The second-order valence-corrected chi connectivity index (χ2v) is 7.49. The monoisotopic (exact) mass is 330 g/mol. The van der Waals surface area contributed by atoms with Crippen molar-refractivity contribution < 1.29 is 4.39 Å². The molecule has 1 saturated heterocycles. The SMILES string of the molecule is CN=C(NCC1(C2CC2)CC1)N1CCN(c2ccc(F)cc2)CC1. The van der Waals surface area contributed by atoms with Gasteiger partial charge < -0.3 is 15.1 Å². The van der Waals surface area contributed by atoms with E-state index in [1.807, 2.05) is 19.2 Å². The second-order valence-electron chi connectivity index (χ2n) is 7.49. The maximum absolute atomic E-state index is 13.1. The first-order valence-electron chi connectivity index (χ1n) is 9.16. The summed E-state index contributed by atoms with van der Waals surface area (Å²) in [5.41, 5.74) is 1.69. The zero-order valence-electron chi connectivity index (χ0n) is 14.5. The van der Waals surface area contributed by atoms with Crippen LogP contribution in [0.1, 0.15) is 25.7 Å². The normalized spacial score (nSPS) is 23.3. The van der Waals surface area contributed by atoms with Crippen LogP contribution in [0.4, 0.5) is 10.1 Å². The number of anilines is 1. The van der Waals surface area contributed by atoms with Crippen LogP contribution in [-0.2, 0) is 0 Å². The molecule has 1 heterocycles. The number of nitrogens with one attached hydrogen (secondary N) is 1. The van der Waals surface area contributed by atoms with Gasteiger partial charge in [0.2, 0.25) is 0 Å². The van der Waals surface area contributed by atoms with Crippen LogP contribution in [0.2, 0.25) is 0 Å². The third-order valence-electron chi connectivity index (χ3n) is 5.92. The summed E-state index contributed by atoms with van der Waals surface area (Å²) in [4.78, 5) is 9.16. The molecule has 0 bridgehead atoms. The van der Waals surface area contributed by atoms with Gasteiger partial charge in [0.25, 0.3) is 0 Å². The van der Waals surface area contributed by atoms with Crippen LogP contribution in [0.3, 0.4) is 0 Å². The molecule has 0 atom stereocenters. The molecule has 24 heavy (non-hydrogen) atoms. The Balaban J connectivity index is 1.30. The molecule has 0 radical (unpaired) electrons. The van der Waals surface area contributed by atoms with Crippen LogP contribution in [0.25, 0.3) is 0 Å². The van der Waals surface area contributed by atoms with Gasteiger partial charge >= 0.3 is 0 Å². The number of guanidine groups is 1. The molecule has 4 rings (SSSR count). The van der Waals surface area contributed by atoms with Gasteiger partial charge in [0.05, 0.1) is 0 Å². The quantitative estimate of drug-likeness (QED) is 0.680. The molecular formula is C19H27FN4. The Morgan fingerprint density at radius 2 is 1.83 bits per heavy atom. The number of rotatable bonds is 4. The van der Waals surface area contributed by atoms with Gasteiger partial charge in [-0.15, -0.1) is 0 Å². The smallest absolute Gasteiger partial charge is 0.193 e. The van der Waals surface area contributed by atoms with E-state index in [9.17, 15) is 4.39 Å². The molecule has 2 aliphatic carbocycles. The molecule has 0 aromatic heterocycles.